The summed E-state index contributed by atoms with van der Waals surface area (Å²) in [5.74, 6) is -0.532. The van der Waals surface area contributed by atoms with Gasteiger partial charge in [0.15, 0.2) is 6.29 Å². The highest BCUT2D eigenvalue weighted by Crippen LogP contribution is 2.31. The molecule has 0 spiro atoms. The maximum absolute atomic E-state index is 11.7. The van der Waals surface area contributed by atoms with E-state index in [0.29, 0.717) is 0 Å². The van der Waals surface area contributed by atoms with Crippen LogP contribution in [0.25, 0.3) is 0 Å². The van der Waals surface area contributed by atoms with Crippen molar-refractivity contribution in [2.45, 2.75) is 81.9 Å². The van der Waals surface area contributed by atoms with Crippen molar-refractivity contribution in [1.82, 2.24) is 5.32 Å². The lowest BCUT2D eigenvalue weighted by Gasteiger charge is -2.48. The lowest BCUT2D eigenvalue weighted by Crippen LogP contribution is -2.68. The fraction of sp³-hybridized carbons (Fsp3) is 0.941. The maximum Gasteiger partial charge on any atom is 0.217 e. The molecule has 10 atom stereocenters. The number of rotatable bonds is 6. The van der Waals surface area contributed by atoms with E-state index in [2.05, 4.69) is 5.32 Å². The largest absolute Gasteiger partial charge is 0.394 e. The van der Waals surface area contributed by atoms with E-state index in [-0.39, 0.29) is 5.92 Å². The molecule has 164 valence electrons. The van der Waals surface area contributed by atoms with Crippen molar-refractivity contribution < 1.29 is 49.6 Å². The van der Waals surface area contributed by atoms with Crippen molar-refractivity contribution in [3.05, 3.63) is 0 Å². The van der Waals surface area contributed by atoms with Crippen LogP contribution in [0.2, 0.25) is 0 Å². The van der Waals surface area contributed by atoms with Crippen molar-refractivity contribution in [2.75, 3.05) is 13.2 Å². The van der Waals surface area contributed by atoms with E-state index in [1.807, 2.05) is 13.8 Å². The molecular weight excluding hydrogens is 378 g/mol. The zero-order valence-electron chi connectivity index (χ0n) is 16.1. The molecule has 2 heterocycles. The van der Waals surface area contributed by atoms with Gasteiger partial charge in [0, 0.05) is 6.92 Å². The van der Waals surface area contributed by atoms with E-state index in [9.17, 15) is 35.4 Å². The first-order valence-electron chi connectivity index (χ1n) is 9.29. The highest BCUT2D eigenvalue weighted by atomic mass is 16.7. The van der Waals surface area contributed by atoms with E-state index >= 15 is 0 Å². The van der Waals surface area contributed by atoms with Gasteiger partial charge in [0.05, 0.1) is 25.4 Å². The van der Waals surface area contributed by atoms with Crippen molar-refractivity contribution in [1.29, 1.82) is 0 Å². The second-order valence-corrected chi connectivity index (χ2v) is 7.58. The number of ether oxygens (including phenoxy) is 3. The van der Waals surface area contributed by atoms with Gasteiger partial charge in [0.25, 0.3) is 0 Å². The average molecular weight is 409 g/mol. The summed E-state index contributed by atoms with van der Waals surface area (Å²) >= 11 is 0. The highest BCUT2D eigenvalue weighted by molar-refractivity contribution is 5.73. The van der Waals surface area contributed by atoms with E-state index < -0.39 is 80.3 Å². The van der Waals surface area contributed by atoms with Crippen LogP contribution in [0, 0.1) is 5.92 Å². The van der Waals surface area contributed by atoms with Crippen LogP contribution >= 0.6 is 0 Å². The molecule has 11 heteroatoms. The molecule has 2 rings (SSSR count). The third-order valence-electron chi connectivity index (χ3n) is 5.10. The van der Waals surface area contributed by atoms with Crippen LogP contribution in [0.15, 0.2) is 0 Å². The maximum atomic E-state index is 11.7. The van der Waals surface area contributed by atoms with Crippen LogP contribution in [-0.4, -0.2) is 111 Å². The molecule has 2 aliphatic rings. The normalized spacial score (nSPS) is 44.5. The number of amides is 1. The Labute approximate surface area is 162 Å². The molecule has 7 N–H and O–H groups in total. The Bertz CT molecular complexity index is 518. The zero-order chi connectivity index (χ0) is 21.2. The van der Waals surface area contributed by atoms with Crippen molar-refractivity contribution in [2.24, 2.45) is 5.92 Å². The summed E-state index contributed by atoms with van der Waals surface area (Å²) in [6, 6.07) is -0.845. The van der Waals surface area contributed by atoms with Gasteiger partial charge in [-0.25, -0.2) is 0 Å². The minimum absolute atomic E-state index is 0.126. The molecular formula is C17H31NO10. The molecule has 28 heavy (non-hydrogen) atoms. The Balaban J connectivity index is 2.29. The summed E-state index contributed by atoms with van der Waals surface area (Å²) in [7, 11) is 0. The number of hydrogen-bond donors (Lipinski definition) is 7. The second kappa shape index (κ2) is 9.74. The third-order valence-corrected chi connectivity index (χ3v) is 5.10. The van der Waals surface area contributed by atoms with Crippen LogP contribution in [0.5, 0.6) is 0 Å². The van der Waals surface area contributed by atoms with Gasteiger partial charge in [0.1, 0.15) is 42.7 Å². The Morgan fingerprint density at radius 2 is 1.54 bits per heavy atom. The molecule has 0 aliphatic carbocycles. The molecule has 0 radical (unpaired) electrons. The summed E-state index contributed by atoms with van der Waals surface area (Å²) < 4.78 is 16.8. The smallest absolute Gasteiger partial charge is 0.217 e. The summed E-state index contributed by atoms with van der Waals surface area (Å²) in [5, 5.41) is 62.2. The summed E-state index contributed by atoms with van der Waals surface area (Å²) in [6.07, 6.45) is -11.7. The minimum Gasteiger partial charge on any atom is -0.394 e. The quantitative estimate of drug-likeness (QED) is 0.232. The fourth-order valence-corrected chi connectivity index (χ4v) is 3.60. The highest BCUT2D eigenvalue weighted by Gasteiger charge is 2.51. The summed E-state index contributed by atoms with van der Waals surface area (Å²) in [6.45, 7) is 3.80. The predicted octanol–water partition coefficient (Wildman–Crippen LogP) is -3.55. The predicted molar refractivity (Wildman–Crippen MR) is 92.8 cm³/mol. The Kier molecular flexibility index (Phi) is 8.14. The zero-order valence-corrected chi connectivity index (χ0v) is 16.1. The number of aliphatic hydroxyl groups is 6. The molecule has 4 unspecified atom stereocenters. The van der Waals surface area contributed by atoms with Gasteiger partial charge in [0.2, 0.25) is 5.91 Å². The topological polar surface area (TPSA) is 178 Å². The number of carbonyl (C=O) groups is 1. The van der Waals surface area contributed by atoms with Gasteiger partial charge < -0.3 is 50.2 Å². The summed E-state index contributed by atoms with van der Waals surface area (Å²) in [4.78, 5) is 11.7. The van der Waals surface area contributed by atoms with Crippen LogP contribution in [0.3, 0.4) is 0 Å². The van der Waals surface area contributed by atoms with Crippen molar-refractivity contribution in [3.8, 4) is 0 Å². The van der Waals surface area contributed by atoms with Gasteiger partial charge >= 0.3 is 0 Å². The lowest BCUT2D eigenvalue weighted by molar-refractivity contribution is -0.333. The molecule has 2 saturated heterocycles. The van der Waals surface area contributed by atoms with Gasteiger partial charge in [-0.15, -0.1) is 0 Å². The number of nitrogens with one attached hydrogen (secondary N) is 1. The van der Waals surface area contributed by atoms with E-state index in [1.54, 1.807) is 0 Å². The van der Waals surface area contributed by atoms with E-state index in [0.717, 1.165) is 0 Å². The molecule has 0 bridgehead atoms. The van der Waals surface area contributed by atoms with Gasteiger partial charge in [-0.05, 0) is 5.92 Å². The molecule has 0 aromatic carbocycles. The number of hydrogen-bond acceptors (Lipinski definition) is 10. The Morgan fingerprint density at radius 3 is 2.04 bits per heavy atom. The Morgan fingerprint density at radius 1 is 0.964 bits per heavy atom. The molecule has 0 aromatic heterocycles. The molecule has 0 saturated carbocycles. The number of aliphatic hydroxyl groups excluding tert-OH is 6. The van der Waals surface area contributed by atoms with E-state index in [4.69, 9.17) is 14.2 Å². The third kappa shape index (κ3) is 4.81. The molecule has 11 nitrogen and oxygen atoms in total. The molecule has 1 amide bonds. The molecule has 2 fully saturated rings. The molecule has 2 aliphatic heterocycles. The fourth-order valence-electron chi connectivity index (χ4n) is 3.60. The first-order chi connectivity index (χ1) is 13.1. The van der Waals surface area contributed by atoms with Gasteiger partial charge in [-0.1, -0.05) is 13.8 Å². The van der Waals surface area contributed by atoms with Crippen LogP contribution in [0.4, 0.5) is 0 Å². The average Bonchev–Trinajstić information content (AvgIpc) is 2.64. The first kappa shape index (κ1) is 23.4. The lowest BCUT2D eigenvalue weighted by atomic mass is 9.87. The van der Waals surface area contributed by atoms with Crippen LogP contribution < -0.4 is 5.32 Å². The monoisotopic (exact) mass is 409 g/mol. The SMILES string of the molecule is CC(=O)NC1[C@H](C(C)C)OC(CO)[C@@H](O)[C@@H]1O[C@@H]1OC(CO)[C@H](O)[C@H](O)C1O. The first-order valence-corrected chi connectivity index (χ1v) is 9.29. The minimum atomic E-state index is -1.67. The van der Waals surface area contributed by atoms with Crippen molar-refractivity contribution in [3.63, 3.8) is 0 Å². The van der Waals surface area contributed by atoms with Gasteiger partial charge in [-0.2, -0.15) is 0 Å². The van der Waals surface area contributed by atoms with E-state index in [1.165, 1.54) is 6.92 Å². The van der Waals surface area contributed by atoms with Crippen molar-refractivity contribution >= 4 is 5.91 Å². The summed E-state index contributed by atoms with van der Waals surface area (Å²) in [5.41, 5.74) is 0. The second-order valence-electron chi connectivity index (χ2n) is 7.58. The van der Waals surface area contributed by atoms with Crippen LogP contribution in [-0.2, 0) is 19.0 Å². The molecule has 0 aromatic rings. The van der Waals surface area contributed by atoms with Crippen LogP contribution in [0.1, 0.15) is 20.8 Å². The number of carbonyl (C=O) groups excluding carboxylic acids is 1. The van der Waals surface area contributed by atoms with Gasteiger partial charge in [-0.3, -0.25) is 4.79 Å². The Hall–Kier alpha value is -0.890. The standard InChI is InChI=1S/C17H31NO10/c1-6(2)15-10(18-7(3)21)16(12(23)9(5-20)26-15)28-17-14(25)13(24)11(22)8(4-19)27-17/h6,8-17,19-20,22-25H,4-5H2,1-3H3,(H,18,21)/t8?,9?,10?,11-,12+,13-,14?,15-,16+,17-/m0/s1.